The van der Waals surface area contributed by atoms with Gasteiger partial charge in [0.25, 0.3) is 0 Å². The Kier molecular flexibility index (Phi) is 9.41. The molecule has 0 saturated heterocycles. The van der Waals surface area contributed by atoms with Crippen LogP contribution >= 0.6 is 11.6 Å². The van der Waals surface area contributed by atoms with E-state index in [4.69, 9.17) is 21.1 Å². The second-order valence-electron chi connectivity index (χ2n) is 9.83. The van der Waals surface area contributed by atoms with E-state index >= 15 is 0 Å². The number of nitrogens with one attached hydrogen (secondary N) is 1. The zero-order valence-electron chi connectivity index (χ0n) is 22.9. The molecule has 3 aromatic carbocycles. The largest absolute Gasteiger partial charge is 0.488 e. The molecule has 2 aromatic heterocycles. The molecule has 0 radical (unpaired) electrons. The highest BCUT2D eigenvalue weighted by molar-refractivity contribution is 6.32. The second-order valence-corrected chi connectivity index (χ2v) is 10.2. The molecule has 0 atom stereocenters. The normalized spacial score (nSPS) is 11.3. The van der Waals surface area contributed by atoms with Gasteiger partial charge in [0.05, 0.1) is 46.8 Å². The van der Waals surface area contributed by atoms with Gasteiger partial charge in [-0.2, -0.15) is 5.26 Å². The van der Waals surface area contributed by atoms with Gasteiger partial charge in [0.1, 0.15) is 24.8 Å². The van der Waals surface area contributed by atoms with Crippen LogP contribution in [-0.2, 0) is 13.2 Å². The number of hydrogen-bond acceptors (Lipinski definition) is 10. The minimum Gasteiger partial charge on any atom is -0.488 e. The molecule has 0 aliphatic carbocycles. The SMILES string of the molecule is N#Cc1cncc(COc2cc(Oc3ncnc4c(-c5ccccc5)cccc34)c(Cl)cc2CNC(CO)(CO)CO)c1. The maximum atomic E-state index is 9.76. The van der Waals surface area contributed by atoms with Crippen molar-refractivity contribution in [3.63, 3.8) is 0 Å². The van der Waals surface area contributed by atoms with Crippen molar-refractivity contribution >= 4 is 22.5 Å². The third-order valence-corrected chi connectivity index (χ3v) is 7.21. The number of hydrogen-bond donors (Lipinski definition) is 4. The van der Waals surface area contributed by atoms with E-state index < -0.39 is 25.4 Å². The van der Waals surface area contributed by atoms with Crippen LogP contribution in [0.1, 0.15) is 16.7 Å². The molecule has 0 aliphatic rings. The highest BCUT2D eigenvalue weighted by Crippen LogP contribution is 2.38. The maximum absolute atomic E-state index is 9.76. The highest BCUT2D eigenvalue weighted by Gasteiger charge is 2.28. The van der Waals surface area contributed by atoms with Gasteiger partial charge in [0.2, 0.25) is 5.88 Å². The summed E-state index contributed by atoms with van der Waals surface area (Å²) in [6.45, 7) is -1.32. The Hall–Kier alpha value is -4.63. The summed E-state index contributed by atoms with van der Waals surface area (Å²) >= 11 is 6.69. The Morgan fingerprint density at radius 3 is 2.44 bits per heavy atom. The van der Waals surface area contributed by atoms with Crippen LogP contribution in [-0.4, -0.2) is 55.6 Å². The van der Waals surface area contributed by atoms with Gasteiger partial charge >= 0.3 is 0 Å². The van der Waals surface area contributed by atoms with Crippen LogP contribution in [0.2, 0.25) is 5.02 Å². The first kappa shape index (κ1) is 29.8. The topological polar surface area (TPSA) is 154 Å². The molecule has 5 aromatic rings. The number of aromatic nitrogens is 3. The molecule has 0 aliphatic heterocycles. The summed E-state index contributed by atoms with van der Waals surface area (Å²) in [4.78, 5) is 13.0. The van der Waals surface area contributed by atoms with Gasteiger partial charge in [-0.3, -0.25) is 4.98 Å². The quantitative estimate of drug-likeness (QED) is 0.163. The number of aliphatic hydroxyl groups excluding tert-OH is 3. The molecule has 0 unspecified atom stereocenters. The number of nitriles is 1. The smallest absolute Gasteiger partial charge is 0.230 e. The molecule has 0 bridgehead atoms. The molecule has 10 nitrogen and oxygen atoms in total. The van der Waals surface area contributed by atoms with Crippen molar-refractivity contribution < 1.29 is 24.8 Å². The highest BCUT2D eigenvalue weighted by atomic mass is 35.5. The summed E-state index contributed by atoms with van der Waals surface area (Å²) < 4.78 is 12.4. The number of para-hydroxylation sites is 1. The predicted octanol–water partition coefficient (Wildman–Crippen LogP) is 4.39. The number of fused-ring (bicyclic) bond motifs is 1. The van der Waals surface area contributed by atoms with Gasteiger partial charge in [-0.25, -0.2) is 9.97 Å². The number of ether oxygens (including phenoxy) is 2. The summed E-state index contributed by atoms with van der Waals surface area (Å²) in [6.07, 6.45) is 4.49. The standard InChI is InChI=1S/C32H28ClN5O5/c33-27-10-24(15-38-32(17-39,18-40)19-41)28(42-16-22-9-21(12-34)13-35-14-22)11-29(27)43-31-26-8-4-7-25(30(26)36-20-37-31)23-5-2-1-3-6-23/h1-11,13-14,20,38-41H,15-19H2. The molecule has 4 N–H and O–H groups in total. The van der Waals surface area contributed by atoms with Crippen LogP contribution in [0.5, 0.6) is 17.4 Å². The third kappa shape index (κ3) is 6.73. The van der Waals surface area contributed by atoms with Crippen LogP contribution in [0.15, 0.2) is 85.5 Å². The molecule has 0 spiro atoms. The number of rotatable bonds is 12. The maximum Gasteiger partial charge on any atom is 0.230 e. The lowest BCUT2D eigenvalue weighted by molar-refractivity contribution is 0.0412. The van der Waals surface area contributed by atoms with Crippen LogP contribution in [0.25, 0.3) is 22.0 Å². The van der Waals surface area contributed by atoms with Gasteiger partial charge in [-0.15, -0.1) is 0 Å². The summed E-state index contributed by atoms with van der Waals surface area (Å²) in [7, 11) is 0. The van der Waals surface area contributed by atoms with E-state index in [2.05, 4.69) is 26.3 Å². The molecule has 218 valence electrons. The lowest BCUT2D eigenvalue weighted by Gasteiger charge is -2.29. The number of halogens is 1. The Balaban J connectivity index is 1.50. The van der Waals surface area contributed by atoms with Gasteiger partial charge < -0.3 is 30.1 Å². The summed E-state index contributed by atoms with van der Waals surface area (Å²) in [5.74, 6) is 0.944. The van der Waals surface area contributed by atoms with E-state index in [1.54, 1.807) is 24.4 Å². The van der Waals surface area contributed by atoms with Crippen LogP contribution in [0.3, 0.4) is 0 Å². The van der Waals surface area contributed by atoms with Crippen LogP contribution in [0, 0.1) is 11.3 Å². The number of pyridine rings is 1. The van der Waals surface area contributed by atoms with Crippen molar-refractivity contribution in [1.82, 2.24) is 20.3 Å². The van der Waals surface area contributed by atoms with Gasteiger partial charge in [-0.05, 0) is 23.8 Å². The fraction of sp³-hybridized carbons (Fsp3) is 0.188. The summed E-state index contributed by atoms with van der Waals surface area (Å²) in [5.41, 5.74) is 2.96. The lowest BCUT2D eigenvalue weighted by atomic mass is 10.0. The molecule has 11 heteroatoms. The van der Waals surface area contributed by atoms with Crippen LogP contribution in [0.4, 0.5) is 0 Å². The molecule has 5 rings (SSSR count). The van der Waals surface area contributed by atoms with Crippen molar-refractivity contribution in [2.45, 2.75) is 18.7 Å². The van der Waals surface area contributed by atoms with E-state index in [0.29, 0.717) is 39.2 Å². The predicted molar refractivity (Wildman–Crippen MR) is 161 cm³/mol. The summed E-state index contributed by atoms with van der Waals surface area (Å²) in [5, 5.41) is 42.4. The van der Waals surface area contributed by atoms with Crippen molar-refractivity contribution in [3.8, 4) is 34.6 Å². The molecular weight excluding hydrogens is 570 g/mol. The van der Waals surface area contributed by atoms with Crippen molar-refractivity contribution in [3.05, 3.63) is 107 Å². The van der Waals surface area contributed by atoms with Gasteiger partial charge in [-0.1, -0.05) is 54.1 Å². The average Bonchev–Trinajstić information content (AvgIpc) is 3.06. The monoisotopic (exact) mass is 597 g/mol. The lowest BCUT2D eigenvalue weighted by Crippen LogP contribution is -2.54. The first-order chi connectivity index (χ1) is 21.0. The molecule has 0 amide bonds. The Morgan fingerprint density at radius 1 is 0.907 bits per heavy atom. The van der Waals surface area contributed by atoms with E-state index in [1.165, 1.54) is 12.5 Å². The van der Waals surface area contributed by atoms with Crippen LogP contribution < -0.4 is 14.8 Å². The van der Waals surface area contributed by atoms with Crippen molar-refractivity contribution in [2.75, 3.05) is 19.8 Å². The number of aliphatic hydroxyl groups is 3. The van der Waals surface area contributed by atoms with Crippen molar-refractivity contribution in [1.29, 1.82) is 5.26 Å². The third-order valence-electron chi connectivity index (χ3n) is 6.91. The molecule has 2 heterocycles. The molecule has 43 heavy (non-hydrogen) atoms. The van der Waals surface area contributed by atoms with E-state index in [9.17, 15) is 20.6 Å². The zero-order chi connectivity index (χ0) is 30.2. The first-order valence-corrected chi connectivity index (χ1v) is 13.7. The Morgan fingerprint density at radius 2 is 1.70 bits per heavy atom. The fourth-order valence-corrected chi connectivity index (χ4v) is 4.64. The minimum atomic E-state index is -1.32. The molecular formula is C32H28ClN5O5. The average molecular weight is 598 g/mol. The van der Waals surface area contributed by atoms with Gasteiger partial charge in [0.15, 0.2) is 5.75 Å². The number of benzene rings is 3. The summed E-state index contributed by atoms with van der Waals surface area (Å²) in [6, 6.07) is 22.6. The fourth-order valence-electron chi connectivity index (χ4n) is 4.42. The van der Waals surface area contributed by atoms with E-state index in [-0.39, 0.29) is 23.9 Å². The van der Waals surface area contributed by atoms with E-state index in [1.807, 2.05) is 48.5 Å². The Labute approximate surface area is 252 Å². The minimum absolute atomic E-state index is 0.0820. The number of nitrogens with zero attached hydrogens (tertiary/aromatic N) is 4. The van der Waals surface area contributed by atoms with E-state index in [0.717, 1.165) is 11.1 Å². The molecule has 0 saturated carbocycles. The molecule has 0 fully saturated rings. The van der Waals surface area contributed by atoms with Crippen molar-refractivity contribution in [2.24, 2.45) is 0 Å². The Bertz CT molecular complexity index is 1750. The zero-order valence-corrected chi connectivity index (χ0v) is 23.7. The first-order valence-electron chi connectivity index (χ1n) is 13.3. The second kappa shape index (κ2) is 13.6. The van der Waals surface area contributed by atoms with Gasteiger partial charge in [0, 0.05) is 41.7 Å².